The predicted molar refractivity (Wildman–Crippen MR) is 87.9 cm³/mol. The van der Waals surface area contributed by atoms with E-state index in [9.17, 15) is 13.2 Å². The first-order valence-electron chi connectivity index (χ1n) is 7.12. The Morgan fingerprint density at radius 2 is 1.87 bits per heavy atom. The van der Waals surface area contributed by atoms with Crippen LogP contribution in [0.4, 0.5) is 5.69 Å². The first kappa shape index (κ1) is 17.0. The number of nitrogens with two attached hydrogens (primary N) is 1. The summed E-state index contributed by atoms with van der Waals surface area (Å²) in [4.78, 5) is 11.6. The van der Waals surface area contributed by atoms with E-state index in [4.69, 9.17) is 5.73 Å². The zero-order chi connectivity index (χ0) is 17.4. The molecule has 0 saturated heterocycles. The zero-order valence-corrected chi connectivity index (χ0v) is 14.3. The van der Waals surface area contributed by atoms with Crippen molar-refractivity contribution in [2.45, 2.75) is 38.6 Å². The van der Waals surface area contributed by atoms with E-state index >= 15 is 0 Å². The highest BCUT2D eigenvalue weighted by atomic mass is 32.2. The topological polar surface area (TPSA) is 107 Å². The lowest BCUT2D eigenvalue weighted by Crippen LogP contribution is -2.19. The maximum absolute atomic E-state index is 12.7. The van der Waals surface area contributed by atoms with E-state index in [0.717, 1.165) is 0 Å². The number of anilines is 1. The summed E-state index contributed by atoms with van der Waals surface area (Å²) in [5.74, 6) is -0.699. The summed E-state index contributed by atoms with van der Waals surface area (Å²) in [5.41, 5.74) is 6.49. The van der Waals surface area contributed by atoms with Crippen molar-refractivity contribution in [1.29, 1.82) is 0 Å². The number of sulfonamides is 1. The molecule has 3 N–H and O–H groups in total. The maximum Gasteiger partial charge on any atom is 0.265 e. The minimum Gasteiger partial charge on any atom is -0.366 e. The third-order valence-electron chi connectivity index (χ3n) is 3.45. The standard InChI is InChI=1S/C15H20N4O3S/c1-9(2)19-11(4)14(10(3)17-19)23(21,22)18-13-8-6-5-7-12(13)15(16)20/h5-9,18H,1-4H3,(H2,16,20). The number of benzene rings is 1. The number of carbonyl (C=O) groups excluding carboxylic acids is 1. The predicted octanol–water partition coefficient (Wildman–Crippen LogP) is 1.98. The lowest BCUT2D eigenvalue weighted by molar-refractivity contribution is 0.100. The van der Waals surface area contributed by atoms with Crippen LogP contribution in [0.15, 0.2) is 29.2 Å². The molecule has 7 nitrogen and oxygen atoms in total. The molecule has 1 aromatic heterocycles. The third-order valence-corrected chi connectivity index (χ3v) is 5.07. The highest BCUT2D eigenvalue weighted by Gasteiger charge is 2.26. The summed E-state index contributed by atoms with van der Waals surface area (Å²) < 4.78 is 29.6. The van der Waals surface area contributed by atoms with Crippen LogP contribution in [0, 0.1) is 13.8 Å². The molecule has 1 aromatic carbocycles. The molecular formula is C15H20N4O3S. The van der Waals surface area contributed by atoms with Crippen LogP contribution < -0.4 is 10.5 Å². The number of amides is 1. The molecule has 2 rings (SSSR count). The van der Waals surface area contributed by atoms with Crippen molar-refractivity contribution >= 4 is 21.6 Å². The van der Waals surface area contributed by atoms with E-state index in [1.165, 1.54) is 12.1 Å². The van der Waals surface area contributed by atoms with E-state index in [0.29, 0.717) is 11.4 Å². The van der Waals surface area contributed by atoms with E-state index in [1.54, 1.807) is 30.7 Å². The van der Waals surface area contributed by atoms with Crippen LogP contribution in [-0.4, -0.2) is 24.1 Å². The lowest BCUT2D eigenvalue weighted by Gasteiger charge is -2.12. The van der Waals surface area contributed by atoms with Gasteiger partial charge in [0, 0.05) is 6.04 Å². The van der Waals surface area contributed by atoms with E-state index in [-0.39, 0.29) is 22.2 Å². The quantitative estimate of drug-likeness (QED) is 0.870. The Labute approximate surface area is 135 Å². The Hall–Kier alpha value is -2.35. The number of carbonyl (C=O) groups is 1. The summed E-state index contributed by atoms with van der Waals surface area (Å²) in [6.45, 7) is 7.19. The highest BCUT2D eigenvalue weighted by Crippen LogP contribution is 2.25. The van der Waals surface area contributed by atoms with Gasteiger partial charge in [0.05, 0.1) is 22.6 Å². The number of primary amides is 1. The van der Waals surface area contributed by atoms with Crippen molar-refractivity contribution in [3.63, 3.8) is 0 Å². The minimum absolute atomic E-state index is 0.0376. The van der Waals surface area contributed by atoms with Crippen LogP contribution in [0.25, 0.3) is 0 Å². The summed E-state index contributed by atoms with van der Waals surface area (Å²) in [7, 11) is -3.88. The molecule has 1 amide bonds. The Balaban J connectivity index is 2.51. The molecule has 124 valence electrons. The van der Waals surface area contributed by atoms with Crippen molar-refractivity contribution in [1.82, 2.24) is 9.78 Å². The van der Waals surface area contributed by atoms with Crippen molar-refractivity contribution in [2.75, 3.05) is 4.72 Å². The average Bonchev–Trinajstić information content (AvgIpc) is 2.74. The third kappa shape index (κ3) is 3.21. The summed E-state index contributed by atoms with van der Waals surface area (Å²) in [6, 6.07) is 6.25. The van der Waals surface area contributed by atoms with Gasteiger partial charge in [-0.1, -0.05) is 12.1 Å². The molecule has 0 aliphatic heterocycles. The highest BCUT2D eigenvalue weighted by molar-refractivity contribution is 7.92. The maximum atomic E-state index is 12.7. The van der Waals surface area contributed by atoms with Crippen LogP contribution in [0.3, 0.4) is 0 Å². The van der Waals surface area contributed by atoms with E-state index in [2.05, 4.69) is 9.82 Å². The number of aryl methyl sites for hydroxylation is 1. The smallest absolute Gasteiger partial charge is 0.265 e. The van der Waals surface area contributed by atoms with Gasteiger partial charge >= 0.3 is 0 Å². The van der Waals surface area contributed by atoms with Crippen LogP contribution in [0.5, 0.6) is 0 Å². The van der Waals surface area contributed by atoms with Crippen LogP contribution in [0.1, 0.15) is 41.6 Å². The molecule has 2 aromatic rings. The van der Waals surface area contributed by atoms with Gasteiger partial charge in [-0.3, -0.25) is 14.2 Å². The second kappa shape index (κ2) is 6.04. The van der Waals surface area contributed by atoms with Gasteiger partial charge in [0.25, 0.3) is 15.9 Å². The number of rotatable bonds is 5. The van der Waals surface area contributed by atoms with Gasteiger partial charge in [-0.05, 0) is 39.8 Å². The Morgan fingerprint density at radius 1 is 1.26 bits per heavy atom. The van der Waals surface area contributed by atoms with E-state index < -0.39 is 15.9 Å². The first-order chi connectivity index (χ1) is 10.6. The second-order valence-electron chi connectivity index (χ2n) is 5.55. The molecule has 0 fully saturated rings. The van der Waals surface area contributed by atoms with Crippen LogP contribution in [0.2, 0.25) is 0 Å². The second-order valence-corrected chi connectivity index (χ2v) is 7.17. The van der Waals surface area contributed by atoms with Gasteiger partial charge in [-0.2, -0.15) is 5.10 Å². The minimum atomic E-state index is -3.88. The molecule has 1 heterocycles. The molecule has 23 heavy (non-hydrogen) atoms. The van der Waals surface area contributed by atoms with Gasteiger partial charge in [-0.25, -0.2) is 8.42 Å². The molecule has 0 saturated carbocycles. The number of aromatic nitrogens is 2. The van der Waals surface area contributed by atoms with Gasteiger partial charge in [-0.15, -0.1) is 0 Å². The molecule has 0 spiro atoms. The molecular weight excluding hydrogens is 316 g/mol. The van der Waals surface area contributed by atoms with Gasteiger partial charge < -0.3 is 5.73 Å². The number of hydrogen-bond donors (Lipinski definition) is 2. The fourth-order valence-corrected chi connectivity index (χ4v) is 4.00. The molecule has 0 unspecified atom stereocenters. The summed E-state index contributed by atoms with van der Waals surface area (Å²) in [6.07, 6.45) is 0. The molecule has 0 atom stereocenters. The number of para-hydroxylation sites is 1. The number of hydrogen-bond acceptors (Lipinski definition) is 4. The average molecular weight is 336 g/mol. The fourth-order valence-electron chi connectivity index (χ4n) is 2.52. The van der Waals surface area contributed by atoms with Crippen LogP contribution >= 0.6 is 0 Å². The SMILES string of the molecule is Cc1nn(C(C)C)c(C)c1S(=O)(=O)Nc1ccccc1C(N)=O. The molecule has 0 aliphatic carbocycles. The van der Waals surface area contributed by atoms with Gasteiger partial charge in [0.2, 0.25) is 0 Å². The Kier molecular flexibility index (Phi) is 4.46. The summed E-state index contributed by atoms with van der Waals surface area (Å²) in [5, 5.41) is 4.28. The van der Waals surface area contributed by atoms with Crippen molar-refractivity contribution < 1.29 is 13.2 Å². The van der Waals surface area contributed by atoms with Crippen molar-refractivity contribution in [3.05, 3.63) is 41.2 Å². The first-order valence-corrected chi connectivity index (χ1v) is 8.61. The zero-order valence-electron chi connectivity index (χ0n) is 13.5. The Morgan fingerprint density at radius 3 is 2.39 bits per heavy atom. The van der Waals surface area contributed by atoms with Crippen molar-refractivity contribution in [3.8, 4) is 0 Å². The monoisotopic (exact) mass is 336 g/mol. The molecule has 8 heteroatoms. The number of nitrogens with one attached hydrogen (secondary N) is 1. The van der Waals surface area contributed by atoms with Crippen LogP contribution in [-0.2, 0) is 10.0 Å². The fraction of sp³-hybridized carbons (Fsp3) is 0.333. The largest absolute Gasteiger partial charge is 0.366 e. The molecule has 0 bridgehead atoms. The molecule has 0 aliphatic rings. The lowest BCUT2D eigenvalue weighted by atomic mass is 10.2. The van der Waals surface area contributed by atoms with Crippen molar-refractivity contribution in [2.24, 2.45) is 5.73 Å². The number of nitrogens with zero attached hydrogens (tertiary/aromatic N) is 2. The van der Waals surface area contributed by atoms with Gasteiger partial charge in [0.15, 0.2) is 0 Å². The molecule has 0 radical (unpaired) electrons. The Bertz CT molecular complexity index is 854. The van der Waals surface area contributed by atoms with E-state index in [1.807, 2.05) is 13.8 Å². The summed E-state index contributed by atoms with van der Waals surface area (Å²) >= 11 is 0. The van der Waals surface area contributed by atoms with Gasteiger partial charge in [0.1, 0.15) is 4.90 Å². The normalized spacial score (nSPS) is 11.7.